The summed E-state index contributed by atoms with van der Waals surface area (Å²) in [5, 5.41) is 9.91. The molecule has 0 aliphatic carbocycles. The van der Waals surface area contributed by atoms with E-state index in [2.05, 4.69) is 47.4 Å². The first kappa shape index (κ1) is 18.7. The maximum Gasteiger partial charge on any atom is 0.157 e. The van der Waals surface area contributed by atoms with Gasteiger partial charge in [-0.1, -0.05) is 12.1 Å². The lowest BCUT2D eigenvalue weighted by molar-refractivity contribution is 0.315. The molecule has 2 aromatic heterocycles. The van der Waals surface area contributed by atoms with E-state index in [1.165, 1.54) is 11.4 Å². The first-order valence-corrected chi connectivity index (χ1v) is 10.0. The van der Waals surface area contributed by atoms with Crippen molar-refractivity contribution >= 4 is 22.5 Å². The summed E-state index contributed by atoms with van der Waals surface area (Å²) in [4.78, 5) is 9.62. The van der Waals surface area contributed by atoms with Gasteiger partial charge in [-0.3, -0.25) is 4.40 Å². The molecule has 6 nitrogen and oxygen atoms in total. The van der Waals surface area contributed by atoms with Gasteiger partial charge >= 0.3 is 0 Å². The third-order valence-electron chi connectivity index (χ3n) is 6.03. The molecule has 4 rings (SSSR count). The number of hydrogen-bond donors (Lipinski definition) is 1. The number of nitrogens with zero attached hydrogens (tertiary/aromatic N) is 5. The second kappa shape index (κ2) is 7.42. The van der Waals surface area contributed by atoms with Crippen LogP contribution in [0.4, 0.5) is 5.82 Å². The van der Waals surface area contributed by atoms with Gasteiger partial charge in [0.15, 0.2) is 5.65 Å². The van der Waals surface area contributed by atoms with Gasteiger partial charge in [0.25, 0.3) is 0 Å². The minimum atomic E-state index is 0.531. The summed E-state index contributed by atoms with van der Waals surface area (Å²) >= 11 is 0. The molecule has 3 aromatic rings. The van der Waals surface area contributed by atoms with Gasteiger partial charge in [-0.05, 0) is 70.1 Å². The molecule has 1 aliphatic rings. The predicted molar refractivity (Wildman–Crippen MR) is 114 cm³/mol. The number of aromatic nitrogens is 2. The summed E-state index contributed by atoms with van der Waals surface area (Å²) in [6.07, 6.45) is 2.91. The molecule has 1 saturated heterocycles. The van der Waals surface area contributed by atoms with Gasteiger partial charge in [0.05, 0.1) is 16.6 Å². The Kier molecular flexibility index (Phi) is 4.96. The number of imidazole rings is 1. The van der Waals surface area contributed by atoms with Crippen LogP contribution < -0.4 is 10.6 Å². The lowest BCUT2D eigenvalue weighted by Gasteiger charge is -2.27. The van der Waals surface area contributed by atoms with Crippen molar-refractivity contribution in [3.05, 3.63) is 41.0 Å². The lowest BCUT2D eigenvalue weighted by atomic mass is 10.00. The van der Waals surface area contributed by atoms with Crippen molar-refractivity contribution in [3.63, 3.8) is 0 Å². The Hall–Kier alpha value is -2.62. The van der Waals surface area contributed by atoms with Gasteiger partial charge < -0.3 is 15.5 Å². The van der Waals surface area contributed by atoms with Crippen LogP contribution in [0.1, 0.15) is 29.5 Å². The normalized spacial score (nSPS) is 17.1. The first-order valence-electron chi connectivity index (χ1n) is 10.0. The fraction of sp³-hybridized carbons (Fsp3) is 0.455. The molecule has 2 N–H and O–H groups in total. The van der Waals surface area contributed by atoms with Gasteiger partial charge in [0.1, 0.15) is 11.9 Å². The molecule has 3 heterocycles. The summed E-state index contributed by atoms with van der Waals surface area (Å²) in [5.74, 6) is 1.19. The standard InChI is InChI=1S/C22H28N6/c1-15-17(7-6-11-23)22(27-12-10-16(14-27)26(2)3)28-20-9-5-4-8-19(20)25-21(28)18(15)13-24/h4-5,8-9,16H,6-7,10-12,14,23H2,1-3H3/t16-/m0/s1. The molecule has 1 aliphatic heterocycles. The summed E-state index contributed by atoms with van der Waals surface area (Å²) in [5.41, 5.74) is 11.6. The van der Waals surface area contributed by atoms with Crippen molar-refractivity contribution in [3.8, 4) is 6.07 Å². The molecule has 0 unspecified atom stereocenters. The summed E-state index contributed by atoms with van der Waals surface area (Å²) in [6.45, 7) is 4.69. The van der Waals surface area contributed by atoms with Crippen molar-refractivity contribution in [2.45, 2.75) is 32.2 Å². The van der Waals surface area contributed by atoms with Gasteiger partial charge in [-0.15, -0.1) is 0 Å². The third-order valence-corrected chi connectivity index (χ3v) is 6.03. The number of likely N-dealkylation sites (N-methyl/N-ethyl adjacent to an activating group) is 1. The molecule has 0 bridgehead atoms. The van der Waals surface area contributed by atoms with Crippen LogP contribution in [0.5, 0.6) is 0 Å². The highest BCUT2D eigenvalue weighted by atomic mass is 15.3. The lowest BCUT2D eigenvalue weighted by Crippen LogP contribution is -2.32. The first-order chi connectivity index (χ1) is 13.6. The number of benzene rings is 1. The number of nitrogens with two attached hydrogens (primary N) is 1. The SMILES string of the molecule is Cc1c(CCCN)c(N2CC[C@H](N(C)C)C2)n2c(nc3ccccc32)c1C#N. The average molecular weight is 377 g/mol. The van der Waals surface area contributed by atoms with E-state index in [4.69, 9.17) is 10.7 Å². The molecule has 1 aromatic carbocycles. The van der Waals surface area contributed by atoms with Crippen LogP contribution >= 0.6 is 0 Å². The van der Waals surface area contributed by atoms with Crippen molar-refractivity contribution in [2.75, 3.05) is 38.6 Å². The number of anilines is 1. The van der Waals surface area contributed by atoms with E-state index in [-0.39, 0.29) is 0 Å². The van der Waals surface area contributed by atoms with Gasteiger partial charge in [-0.25, -0.2) is 4.98 Å². The second-order valence-electron chi connectivity index (χ2n) is 7.92. The smallest absolute Gasteiger partial charge is 0.157 e. The molecule has 1 fully saturated rings. The number of hydrogen-bond acceptors (Lipinski definition) is 5. The number of rotatable bonds is 5. The predicted octanol–water partition coefficient (Wildman–Crippen LogP) is 2.70. The maximum atomic E-state index is 9.91. The van der Waals surface area contributed by atoms with Crippen LogP contribution in [0, 0.1) is 18.3 Å². The van der Waals surface area contributed by atoms with E-state index in [1.54, 1.807) is 0 Å². The Labute approximate surface area is 166 Å². The van der Waals surface area contributed by atoms with Gasteiger partial charge in [0.2, 0.25) is 0 Å². The summed E-state index contributed by atoms with van der Waals surface area (Å²) in [6, 6.07) is 11.1. The van der Waals surface area contributed by atoms with Crippen molar-refractivity contribution in [2.24, 2.45) is 5.73 Å². The molecule has 0 radical (unpaired) electrons. The van der Waals surface area contributed by atoms with Crippen LogP contribution in [0.25, 0.3) is 16.7 Å². The maximum absolute atomic E-state index is 9.91. The quantitative estimate of drug-likeness (QED) is 0.741. The fourth-order valence-electron chi connectivity index (χ4n) is 4.43. The summed E-state index contributed by atoms with van der Waals surface area (Å²) in [7, 11) is 4.30. The van der Waals surface area contributed by atoms with Crippen LogP contribution in [0.15, 0.2) is 24.3 Å². The van der Waals surface area contributed by atoms with E-state index >= 15 is 0 Å². The zero-order valence-corrected chi connectivity index (χ0v) is 16.9. The molecule has 1 atom stereocenters. The van der Waals surface area contributed by atoms with E-state index in [9.17, 15) is 5.26 Å². The largest absolute Gasteiger partial charge is 0.356 e. The van der Waals surface area contributed by atoms with Crippen LogP contribution in [-0.4, -0.2) is 54.1 Å². The van der Waals surface area contributed by atoms with Crippen molar-refractivity contribution in [1.29, 1.82) is 5.26 Å². The number of nitriles is 1. The van der Waals surface area contributed by atoms with Gasteiger partial charge in [0, 0.05) is 19.1 Å². The Morgan fingerprint density at radius 1 is 1.32 bits per heavy atom. The third kappa shape index (κ3) is 2.92. The molecule has 28 heavy (non-hydrogen) atoms. The topological polar surface area (TPSA) is 73.6 Å². The molecule has 0 saturated carbocycles. The highest BCUT2D eigenvalue weighted by Crippen LogP contribution is 2.35. The number of pyridine rings is 1. The summed E-state index contributed by atoms with van der Waals surface area (Å²) < 4.78 is 2.21. The van der Waals surface area contributed by atoms with Gasteiger partial charge in [-0.2, -0.15) is 5.26 Å². The van der Waals surface area contributed by atoms with Crippen LogP contribution in [0.2, 0.25) is 0 Å². The minimum absolute atomic E-state index is 0.531. The second-order valence-corrected chi connectivity index (χ2v) is 7.92. The molecule has 146 valence electrons. The highest BCUT2D eigenvalue weighted by molar-refractivity contribution is 5.86. The zero-order valence-electron chi connectivity index (χ0n) is 16.9. The van der Waals surface area contributed by atoms with Crippen molar-refractivity contribution in [1.82, 2.24) is 14.3 Å². The fourth-order valence-corrected chi connectivity index (χ4v) is 4.43. The molecule has 0 amide bonds. The monoisotopic (exact) mass is 376 g/mol. The molecule has 6 heteroatoms. The highest BCUT2D eigenvalue weighted by Gasteiger charge is 2.30. The van der Waals surface area contributed by atoms with Crippen molar-refractivity contribution < 1.29 is 0 Å². The van der Waals surface area contributed by atoms with E-state index in [0.717, 1.165) is 54.6 Å². The average Bonchev–Trinajstić information content (AvgIpc) is 3.31. The van der Waals surface area contributed by atoms with Crippen LogP contribution in [0.3, 0.4) is 0 Å². The van der Waals surface area contributed by atoms with E-state index in [1.807, 2.05) is 18.2 Å². The van der Waals surface area contributed by atoms with E-state index < -0.39 is 0 Å². The Morgan fingerprint density at radius 3 is 2.79 bits per heavy atom. The van der Waals surface area contributed by atoms with E-state index in [0.29, 0.717) is 18.2 Å². The zero-order chi connectivity index (χ0) is 19.8. The molecule has 0 spiro atoms. The number of para-hydroxylation sites is 2. The Bertz CT molecular complexity index is 1060. The van der Waals surface area contributed by atoms with Crippen LogP contribution in [-0.2, 0) is 6.42 Å². The Morgan fingerprint density at radius 2 is 2.11 bits per heavy atom. The Balaban J connectivity index is 2.03. The molecular weight excluding hydrogens is 348 g/mol. The number of fused-ring (bicyclic) bond motifs is 3. The minimum Gasteiger partial charge on any atom is -0.356 e. The molecular formula is C22H28N6.